The Morgan fingerprint density at radius 3 is 2.73 bits per heavy atom. The summed E-state index contributed by atoms with van der Waals surface area (Å²) in [6, 6.07) is 2.04. The van der Waals surface area contributed by atoms with E-state index in [1.807, 2.05) is 6.92 Å². The van der Waals surface area contributed by atoms with Crippen molar-refractivity contribution in [3.05, 3.63) is 50.6 Å². The molecule has 4 nitrogen and oxygen atoms in total. The Morgan fingerprint density at radius 2 is 2.09 bits per heavy atom. The molecule has 1 heterocycles. The third-order valence-corrected chi connectivity index (χ3v) is 3.95. The molecule has 0 aliphatic carbocycles. The lowest BCUT2D eigenvalue weighted by atomic mass is 10.1. The van der Waals surface area contributed by atoms with Crippen molar-refractivity contribution in [1.82, 2.24) is 10.5 Å². The van der Waals surface area contributed by atoms with E-state index >= 15 is 0 Å². The summed E-state index contributed by atoms with van der Waals surface area (Å²) in [6.07, 6.45) is 0.550. The molecule has 0 aliphatic heterocycles. The van der Waals surface area contributed by atoms with Crippen LogP contribution in [0.4, 0.5) is 4.39 Å². The van der Waals surface area contributed by atoms with E-state index in [0.717, 1.165) is 0 Å². The van der Waals surface area contributed by atoms with E-state index in [9.17, 15) is 9.18 Å². The van der Waals surface area contributed by atoms with Gasteiger partial charge in [-0.1, -0.05) is 35.3 Å². The average Bonchev–Trinajstić information content (AvgIpc) is 2.83. The molecule has 2 aromatic rings. The third kappa shape index (κ3) is 3.25. The molecule has 2 rings (SSSR count). The van der Waals surface area contributed by atoms with Crippen LogP contribution in [0.5, 0.6) is 0 Å². The van der Waals surface area contributed by atoms with Crippen LogP contribution in [0.1, 0.15) is 47.3 Å². The molecule has 7 heteroatoms. The zero-order chi connectivity index (χ0) is 16.4. The normalized spacial score (nSPS) is 12.3. The monoisotopic (exact) mass is 344 g/mol. The van der Waals surface area contributed by atoms with Gasteiger partial charge < -0.3 is 9.84 Å². The summed E-state index contributed by atoms with van der Waals surface area (Å²) in [7, 11) is 0. The van der Waals surface area contributed by atoms with Gasteiger partial charge in [0.05, 0.1) is 16.8 Å². The van der Waals surface area contributed by atoms with Crippen LogP contribution in [-0.4, -0.2) is 11.1 Å². The first-order valence-electron chi connectivity index (χ1n) is 6.75. The van der Waals surface area contributed by atoms with E-state index in [4.69, 9.17) is 27.7 Å². The Morgan fingerprint density at radius 1 is 1.41 bits per heavy atom. The number of carbonyl (C=O) groups is 1. The maximum atomic E-state index is 13.6. The second kappa shape index (κ2) is 6.67. The van der Waals surface area contributed by atoms with Crippen molar-refractivity contribution < 1.29 is 13.7 Å². The summed E-state index contributed by atoms with van der Waals surface area (Å²) in [6.45, 7) is 5.27. The number of halogens is 3. The van der Waals surface area contributed by atoms with Crippen LogP contribution in [0.2, 0.25) is 10.0 Å². The lowest BCUT2D eigenvalue weighted by Gasteiger charge is -2.16. The summed E-state index contributed by atoms with van der Waals surface area (Å²) in [5, 5.41) is 6.79. The highest BCUT2D eigenvalue weighted by Gasteiger charge is 2.22. The van der Waals surface area contributed by atoms with E-state index in [-0.39, 0.29) is 16.0 Å². The fourth-order valence-corrected chi connectivity index (χ4v) is 2.71. The minimum Gasteiger partial charge on any atom is -0.360 e. The number of hydrogen-bond acceptors (Lipinski definition) is 3. The highest BCUT2D eigenvalue weighted by atomic mass is 35.5. The molecule has 1 atom stereocenters. The fraction of sp³-hybridized carbons (Fsp3) is 0.333. The van der Waals surface area contributed by atoms with Gasteiger partial charge in [-0.15, -0.1) is 0 Å². The Hall–Kier alpha value is -1.59. The van der Waals surface area contributed by atoms with Gasteiger partial charge in [0.15, 0.2) is 0 Å². The molecule has 1 aromatic carbocycles. The number of hydrogen-bond donors (Lipinski definition) is 1. The zero-order valence-corrected chi connectivity index (χ0v) is 13.8. The standard InChI is InChI=1S/C15H15Cl2FN2O2/c1-4-13-14(8(3)20-22-13)15(21)19-7(2)9-5-12(18)11(17)6-10(9)16/h5-7H,4H2,1-3H3,(H,19,21). The van der Waals surface area contributed by atoms with Crippen molar-refractivity contribution in [2.45, 2.75) is 33.2 Å². The summed E-state index contributed by atoms with van der Waals surface area (Å²) < 4.78 is 18.7. The molecule has 0 fully saturated rings. The van der Waals surface area contributed by atoms with Crippen molar-refractivity contribution in [2.24, 2.45) is 0 Å². The number of nitrogens with zero attached hydrogens (tertiary/aromatic N) is 1. The zero-order valence-electron chi connectivity index (χ0n) is 12.3. The maximum Gasteiger partial charge on any atom is 0.257 e. The third-order valence-electron chi connectivity index (χ3n) is 3.34. The topological polar surface area (TPSA) is 55.1 Å². The minimum absolute atomic E-state index is 0.0598. The molecule has 0 bridgehead atoms. The molecule has 118 valence electrons. The molecular formula is C15H15Cl2FN2O2. The van der Waals surface area contributed by atoms with E-state index < -0.39 is 11.9 Å². The van der Waals surface area contributed by atoms with Gasteiger partial charge in [-0.25, -0.2) is 4.39 Å². The van der Waals surface area contributed by atoms with Gasteiger partial charge >= 0.3 is 0 Å². The van der Waals surface area contributed by atoms with E-state index in [2.05, 4.69) is 10.5 Å². The van der Waals surface area contributed by atoms with Gasteiger partial charge in [0.1, 0.15) is 17.1 Å². The Balaban J connectivity index is 2.25. The number of aromatic nitrogens is 1. The molecule has 1 N–H and O–H groups in total. The molecular weight excluding hydrogens is 330 g/mol. The molecule has 0 spiro atoms. The molecule has 0 aliphatic rings. The van der Waals surface area contributed by atoms with Crippen molar-refractivity contribution in [3.63, 3.8) is 0 Å². The van der Waals surface area contributed by atoms with Crippen LogP contribution in [0, 0.1) is 12.7 Å². The van der Waals surface area contributed by atoms with Crippen molar-refractivity contribution in [3.8, 4) is 0 Å². The molecule has 0 radical (unpaired) electrons. The number of benzene rings is 1. The molecule has 1 amide bonds. The largest absolute Gasteiger partial charge is 0.360 e. The molecule has 1 aromatic heterocycles. The first-order chi connectivity index (χ1) is 10.3. The molecule has 0 saturated heterocycles. The van der Waals surface area contributed by atoms with Crippen LogP contribution in [0.15, 0.2) is 16.7 Å². The number of carbonyl (C=O) groups excluding carboxylic acids is 1. The lowest BCUT2D eigenvalue weighted by molar-refractivity contribution is 0.0937. The highest BCUT2D eigenvalue weighted by molar-refractivity contribution is 6.35. The van der Waals surface area contributed by atoms with E-state index in [1.165, 1.54) is 12.1 Å². The van der Waals surface area contributed by atoms with Crippen LogP contribution in [0.3, 0.4) is 0 Å². The minimum atomic E-state index is -0.586. The van der Waals surface area contributed by atoms with Gasteiger partial charge in [0.2, 0.25) is 0 Å². The second-order valence-electron chi connectivity index (χ2n) is 4.90. The highest BCUT2D eigenvalue weighted by Crippen LogP contribution is 2.29. The molecule has 1 unspecified atom stereocenters. The van der Waals surface area contributed by atoms with Crippen LogP contribution in [0.25, 0.3) is 0 Å². The predicted molar refractivity (Wildman–Crippen MR) is 82.9 cm³/mol. The molecule has 22 heavy (non-hydrogen) atoms. The Labute approximate surface area is 137 Å². The Bertz CT molecular complexity index is 716. The fourth-order valence-electron chi connectivity index (χ4n) is 2.17. The van der Waals surface area contributed by atoms with E-state index in [0.29, 0.717) is 29.0 Å². The summed E-state index contributed by atoms with van der Waals surface area (Å²) >= 11 is 11.7. The van der Waals surface area contributed by atoms with E-state index in [1.54, 1.807) is 13.8 Å². The SMILES string of the molecule is CCc1onc(C)c1C(=O)NC(C)c1cc(F)c(Cl)cc1Cl. The quantitative estimate of drug-likeness (QED) is 0.831. The van der Waals surface area contributed by atoms with Crippen molar-refractivity contribution in [1.29, 1.82) is 0 Å². The van der Waals surface area contributed by atoms with Gasteiger partial charge in [0.25, 0.3) is 5.91 Å². The van der Waals surface area contributed by atoms with Crippen molar-refractivity contribution >= 4 is 29.1 Å². The second-order valence-corrected chi connectivity index (χ2v) is 5.72. The molecule has 0 saturated carbocycles. The number of nitrogens with one attached hydrogen (secondary N) is 1. The van der Waals surface area contributed by atoms with Crippen LogP contribution in [-0.2, 0) is 6.42 Å². The van der Waals surface area contributed by atoms with Gasteiger partial charge in [-0.05, 0) is 31.5 Å². The summed E-state index contributed by atoms with van der Waals surface area (Å²) in [5.41, 5.74) is 1.36. The predicted octanol–water partition coefficient (Wildman–Crippen LogP) is 4.48. The van der Waals surface area contributed by atoms with Gasteiger partial charge in [0, 0.05) is 11.4 Å². The average molecular weight is 345 g/mol. The first-order valence-corrected chi connectivity index (χ1v) is 7.51. The number of aryl methyl sites for hydroxylation is 2. The summed E-state index contributed by atoms with van der Waals surface area (Å²) in [4.78, 5) is 12.4. The summed E-state index contributed by atoms with van der Waals surface area (Å²) in [5.74, 6) is -0.414. The van der Waals surface area contributed by atoms with Crippen molar-refractivity contribution in [2.75, 3.05) is 0 Å². The number of amides is 1. The maximum absolute atomic E-state index is 13.6. The lowest BCUT2D eigenvalue weighted by Crippen LogP contribution is -2.28. The number of rotatable bonds is 4. The first kappa shape index (κ1) is 16.8. The smallest absolute Gasteiger partial charge is 0.257 e. The van der Waals surface area contributed by atoms with Gasteiger partial charge in [-0.2, -0.15) is 0 Å². The van der Waals surface area contributed by atoms with Crippen LogP contribution < -0.4 is 5.32 Å². The Kier molecular flexibility index (Phi) is 5.08. The van der Waals surface area contributed by atoms with Gasteiger partial charge in [-0.3, -0.25) is 4.79 Å². The van der Waals surface area contributed by atoms with Crippen LogP contribution >= 0.6 is 23.2 Å².